The first-order valence-corrected chi connectivity index (χ1v) is 6.58. The summed E-state index contributed by atoms with van der Waals surface area (Å²) in [6.45, 7) is 2.88. The summed E-state index contributed by atoms with van der Waals surface area (Å²) in [6.07, 6.45) is -2.58. The van der Waals surface area contributed by atoms with Crippen LogP contribution in [0.2, 0.25) is 0 Å². The van der Waals surface area contributed by atoms with E-state index in [-0.39, 0.29) is 24.5 Å². The van der Waals surface area contributed by atoms with Gasteiger partial charge in [-0.05, 0) is 24.6 Å². The molecule has 0 aliphatic carbocycles. The molecule has 0 unspecified atom stereocenters. The lowest BCUT2D eigenvalue weighted by molar-refractivity contribution is -0.137. The summed E-state index contributed by atoms with van der Waals surface area (Å²) in [5, 5.41) is 0. The molecule has 0 fully saturated rings. The molecule has 0 saturated heterocycles. The summed E-state index contributed by atoms with van der Waals surface area (Å²) >= 11 is 0. The van der Waals surface area contributed by atoms with Crippen LogP contribution in [0.25, 0.3) is 0 Å². The summed E-state index contributed by atoms with van der Waals surface area (Å²) in [5.74, 6) is -0.764. The monoisotopic (exact) mass is 305 g/mol. The third-order valence-electron chi connectivity index (χ3n) is 2.70. The van der Waals surface area contributed by atoms with E-state index in [1.807, 2.05) is 6.92 Å². The highest BCUT2D eigenvalue weighted by atomic mass is 19.4. The van der Waals surface area contributed by atoms with E-state index >= 15 is 0 Å². The summed E-state index contributed by atoms with van der Waals surface area (Å²) in [6, 6.07) is 2.53. The number of hydrogen-bond acceptors (Lipinski definition) is 4. The molecule has 0 saturated carbocycles. The van der Waals surface area contributed by atoms with Gasteiger partial charge in [0.25, 0.3) is 0 Å². The minimum atomic E-state index is -4.50. The summed E-state index contributed by atoms with van der Waals surface area (Å²) in [5.41, 5.74) is 4.20. The first-order valence-electron chi connectivity index (χ1n) is 6.58. The molecule has 1 aromatic carbocycles. The van der Waals surface area contributed by atoms with Crippen molar-refractivity contribution in [1.82, 2.24) is 0 Å². The number of benzene rings is 1. The number of ether oxygens (including phenoxy) is 2. The zero-order valence-corrected chi connectivity index (χ0v) is 11.7. The maximum atomic E-state index is 12.5. The number of nitrogens with two attached hydrogens (primary N) is 1. The molecule has 0 radical (unpaired) electrons. The quantitative estimate of drug-likeness (QED) is 0.477. The molecule has 118 valence electrons. The minimum Gasteiger partial charge on any atom is -0.460 e. The Balaban J connectivity index is 2.51. The number of alkyl halides is 3. The van der Waals surface area contributed by atoms with E-state index in [0.29, 0.717) is 12.7 Å². The van der Waals surface area contributed by atoms with Crippen molar-refractivity contribution in [2.75, 3.05) is 25.6 Å². The van der Waals surface area contributed by atoms with Crippen LogP contribution in [-0.2, 0) is 15.7 Å². The maximum Gasteiger partial charge on any atom is 0.416 e. The second-order valence-electron chi connectivity index (χ2n) is 4.40. The van der Waals surface area contributed by atoms with Gasteiger partial charge in [0.15, 0.2) is 0 Å². The molecule has 7 heteroatoms. The summed E-state index contributed by atoms with van der Waals surface area (Å²) < 4.78 is 47.5. The van der Waals surface area contributed by atoms with Gasteiger partial charge >= 0.3 is 12.1 Å². The van der Waals surface area contributed by atoms with Gasteiger partial charge in [-0.2, -0.15) is 13.2 Å². The van der Waals surface area contributed by atoms with E-state index in [0.717, 1.165) is 25.0 Å². The van der Waals surface area contributed by atoms with Crippen molar-refractivity contribution in [2.45, 2.75) is 25.9 Å². The lowest BCUT2D eigenvalue weighted by Gasteiger charge is -2.11. The molecule has 0 aliphatic heterocycles. The van der Waals surface area contributed by atoms with Crippen LogP contribution < -0.4 is 5.73 Å². The SMILES string of the molecule is CCCCOCCOC(=O)c1ccc(C(F)(F)F)cc1N. The lowest BCUT2D eigenvalue weighted by atomic mass is 10.1. The van der Waals surface area contributed by atoms with Crippen LogP contribution in [0.15, 0.2) is 18.2 Å². The Morgan fingerprint density at radius 1 is 1.24 bits per heavy atom. The van der Waals surface area contributed by atoms with Crippen molar-refractivity contribution in [3.63, 3.8) is 0 Å². The predicted octanol–water partition coefficient (Wildman–Crippen LogP) is 3.26. The van der Waals surface area contributed by atoms with E-state index in [1.54, 1.807) is 0 Å². The highest BCUT2D eigenvalue weighted by Gasteiger charge is 2.31. The van der Waals surface area contributed by atoms with Gasteiger partial charge in [0.2, 0.25) is 0 Å². The molecule has 21 heavy (non-hydrogen) atoms. The largest absolute Gasteiger partial charge is 0.460 e. The van der Waals surface area contributed by atoms with Crippen molar-refractivity contribution in [1.29, 1.82) is 0 Å². The third-order valence-corrected chi connectivity index (χ3v) is 2.70. The second-order valence-corrected chi connectivity index (χ2v) is 4.40. The van der Waals surface area contributed by atoms with Gasteiger partial charge in [-0.1, -0.05) is 13.3 Å². The molecule has 0 aromatic heterocycles. The highest BCUT2D eigenvalue weighted by Crippen LogP contribution is 2.31. The minimum absolute atomic E-state index is 0.0308. The van der Waals surface area contributed by atoms with Crippen LogP contribution in [-0.4, -0.2) is 25.8 Å². The van der Waals surface area contributed by atoms with Gasteiger partial charge < -0.3 is 15.2 Å². The first-order chi connectivity index (χ1) is 9.86. The number of carbonyl (C=O) groups excluding carboxylic acids is 1. The average molecular weight is 305 g/mol. The molecule has 1 aromatic rings. The number of unbranched alkanes of at least 4 members (excludes halogenated alkanes) is 1. The normalized spacial score (nSPS) is 11.4. The molecule has 0 aliphatic rings. The van der Waals surface area contributed by atoms with Crippen molar-refractivity contribution < 1.29 is 27.4 Å². The fraction of sp³-hybridized carbons (Fsp3) is 0.500. The Morgan fingerprint density at radius 2 is 1.95 bits per heavy atom. The standard InChI is InChI=1S/C14H18F3NO3/c1-2-3-6-20-7-8-21-13(19)11-5-4-10(9-12(11)18)14(15,16)17/h4-5,9H,2-3,6-8,18H2,1H3. The van der Waals surface area contributed by atoms with Gasteiger partial charge in [-0.15, -0.1) is 0 Å². The highest BCUT2D eigenvalue weighted by molar-refractivity contribution is 5.95. The van der Waals surface area contributed by atoms with E-state index in [2.05, 4.69) is 0 Å². The van der Waals surface area contributed by atoms with Crippen molar-refractivity contribution in [2.24, 2.45) is 0 Å². The zero-order chi connectivity index (χ0) is 15.9. The fourth-order valence-corrected chi connectivity index (χ4v) is 1.54. The van der Waals surface area contributed by atoms with E-state index < -0.39 is 17.7 Å². The molecule has 4 nitrogen and oxygen atoms in total. The van der Waals surface area contributed by atoms with Crippen LogP contribution >= 0.6 is 0 Å². The number of carbonyl (C=O) groups is 1. The fourth-order valence-electron chi connectivity index (χ4n) is 1.54. The zero-order valence-electron chi connectivity index (χ0n) is 11.7. The van der Waals surface area contributed by atoms with E-state index in [4.69, 9.17) is 15.2 Å². The molecule has 0 atom stereocenters. The average Bonchev–Trinajstić information content (AvgIpc) is 2.41. The molecule has 0 bridgehead atoms. The van der Waals surface area contributed by atoms with Crippen LogP contribution in [0.3, 0.4) is 0 Å². The summed E-state index contributed by atoms with van der Waals surface area (Å²) in [7, 11) is 0. The molecule has 0 heterocycles. The maximum absolute atomic E-state index is 12.5. The van der Waals surface area contributed by atoms with Crippen LogP contribution in [0.5, 0.6) is 0 Å². The van der Waals surface area contributed by atoms with Gasteiger partial charge in [-0.25, -0.2) is 4.79 Å². The number of rotatable bonds is 7. The molecule has 2 N–H and O–H groups in total. The Kier molecular flexibility index (Phi) is 6.48. The second kappa shape index (κ2) is 7.87. The van der Waals surface area contributed by atoms with E-state index in [1.165, 1.54) is 0 Å². The Morgan fingerprint density at radius 3 is 2.52 bits per heavy atom. The number of anilines is 1. The Labute approximate surface area is 121 Å². The van der Waals surface area contributed by atoms with Gasteiger partial charge in [-0.3, -0.25) is 0 Å². The van der Waals surface area contributed by atoms with Crippen molar-refractivity contribution >= 4 is 11.7 Å². The van der Waals surface area contributed by atoms with Gasteiger partial charge in [0.05, 0.1) is 17.7 Å². The van der Waals surface area contributed by atoms with E-state index in [9.17, 15) is 18.0 Å². The Hall–Kier alpha value is -1.76. The Bertz CT molecular complexity index is 475. The first kappa shape index (κ1) is 17.3. The van der Waals surface area contributed by atoms with Gasteiger partial charge in [0.1, 0.15) is 6.61 Å². The number of esters is 1. The molecule has 1 rings (SSSR count). The molecule has 0 amide bonds. The number of halogens is 3. The van der Waals surface area contributed by atoms with Gasteiger partial charge in [0, 0.05) is 12.3 Å². The van der Waals surface area contributed by atoms with Crippen LogP contribution in [0.4, 0.5) is 18.9 Å². The number of nitrogen functional groups attached to an aromatic ring is 1. The van der Waals surface area contributed by atoms with Crippen molar-refractivity contribution in [3.05, 3.63) is 29.3 Å². The molecular formula is C14H18F3NO3. The molecular weight excluding hydrogens is 287 g/mol. The smallest absolute Gasteiger partial charge is 0.416 e. The van der Waals surface area contributed by atoms with Crippen LogP contribution in [0.1, 0.15) is 35.7 Å². The molecule has 0 spiro atoms. The third kappa shape index (κ3) is 5.63. The van der Waals surface area contributed by atoms with Crippen molar-refractivity contribution in [3.8, 4) is 0 Å². The number of hydrogen-bond donors (Lipinski definition) is 1. The summed E-state index contributed by atoms with van der Waals surface area (Å²) in [4.78, 5) is 11.7. The van der Waals surface area contributed by atoms with Crippen LogP contribution in [0, 0.1) is 0 Å². The predicted molar refractivity (Wildman–Crippen MR) is 71.9 cm³/mol. The topological polar surface area (TPSA) is 61.5 Å². The lowest BCUT2D eigenvalue weighted by Crippen LogP contribution is -2.14.